The van der Waals surface area contributed by atoms with Crippen molar-refractivity contribution >= 4 is 5.97 Å². The lowest BCUT2D eigenvalue weighted by Gasteiger charge is -2.42. The van der Waals surface area contributed by atoms with Crippen molar-refractivity contribution < 1.29 is 9.90 Å². The zero-order valence-electron chi connectivity index (χ0n) is 13.2. The SMILES string of the molecule is CN(C1CCN(Cc2ccccc2)CC1)C(C)(C)C(=O)O. The Labute approximate surface area is 127 Å². The maximum Gasteiger partial charge on any atom is 0.323 e. The lowest BCUT2D eigenvalue weighted by atomic mass is 9.95. The van der Waals surface area contributed by atoms with Gasteiger partial charge in [-0.1, -0.05) is 30.3 Å². The summed E-state index contributed by atoms with van der Waals surface area (Å²) in [4.78, 5) is 15.8. The van der Waals surface area contributed by atoms with E-state index in [0.29, 0.717) is 6.04 Å². The van der Waals surface area contributed by atoms with E-state index in [4.69, 9.17) is 0 Å². The van der Waals surface area contributed by atoms with Crippen molar-refractivity contribution in [3.05, 3.63) is 35.9 Å². The molecule has 4 heteroatoms. The molecule has 1 heterocycles. The zero-order valence-corrected chi connectivity index (χ0v) is 13.2. The van der Waals surface area contributed by atoms with Crippen LogP contribution < -0.4 is 0 Å². The number of likely N-dealkylation sites (N-methyl/N-ethyl adjacent to an activating group) is 1. The van der Waals surface area contributed by atoms with Crippen LogP contribution in [0.1, 0.15) is 32.3 Å². The number of hydrogen-bond acceptors (Lipinski definition) is 3. The van der Waals surface area contributed by atoms with Gasteiger partial charge >= 0.3 is 5.97 Å². The van der Waals surface area contributed by atoms with Crippen molar-refractivity contribution in [3.8, 4) is 0 Å². The summed E-state index contributed by atoms with van der Waals surface area (Å²) < 4.78 is 0. The molecule has 0 amide bonds. The third-order valence-corrected chi connectivity index (χ3v) is 4.76. The number of benzene rings is 1. The molecule has 21 heavy (non-hydrogen) atoms. The van der Waals surface area contributed by atoms with E-state index in [1.54, 1.807) is 13.8 Å². The Hall–Kier alpha value is -1.39. The monoisotopic (exact) mass is 290 g/mol. The number of carboxylic acid groups (broad SMARTS) is 1. The molecule has 0 spiro atoms. The predicted octanol–water partition coefficient (Wildman–Crippen LogP) is 2.45. The van der Waals surface area contributed by atoms with Gasteiger partial charge < -0.3 is 5.11 Å². The molecule has 1 saturated heterocycles. The van der Waals surface area contributed by atoms with Gasteiger partial charge in [-0.05, 0) is 52.4 Å². The van der Waals surface area contributed by atoms with Gasteiger partial charge in [0.05, 0.1) is 0 Å². The van der Waals surface area contributed by atoms with Crippen LogP contribution in [0.15, 0.2) is 30.3 Å². The summed E-state index contributed by atoms with van der Waals surface area (Å²) in [6.45, 7) is 6.61. The number of likely N-dealkylation sites (tertiary alicyclic amines) is 1. The molecule has 1 aromatic rings. The van der Waals surface area contributed by atoms with Crippen LogP contribution in [-0.4, -0.2) is 52.6 Å². The van der Waals surface area contributed by atoms with Crippen molar-refractivity contribution in [1.29, 1.82) is 0 Å². The fourth-order valence-corrected chi connectivity index (χ4v) is 2.91. The van der Waals surface area contributed by atoms with Crippen LogP contribution in [0, 0.1) is 0 Å². The smallest absolute Gasteiger partial charge is 0.323 e. The predicted molar refractivity (Wildman–Crippen MR) is 84.2 cm³/mol. The summed E-state index contributed by atoms with van der Waals surface area (Å²) in [6.07, 6.45) is 2.06. The lowest BCUT2D eigenvalue weighted by molar-refractivity contribution is -0.150. The summed E-state index contributed by atoms with van der Waals surface area (Å²) in [6, 6.07) is 10.9. The first-order valence-corrected chi connectivity index (χ1v) is 7.64. The number of hydrogen-bond donors (Lipinski definition) is 1. The molecule has 0 unspecified atom stereocenters. The molecule has 2 rings (SSSR count). The van der Waals surface area contributed by atoms with Crippen LogP contribution in [0.4, 0.5) is 0 Å². The van der Waals surface area contributed by atoms with Gasteiger partial charge in [-0.3, -0.25) is 14.6 Å². The number of rotatable bonds is 5. The topological polar surface area (TPSA) is 43.8 Å². The van der Waals surface area contributed by atoms with Gasteiger partial charge in [0.15, 0.2) is 0 Å². The Morgan fingerprint density at radius 2 is 1.86 bits per heavy atom. The molecule has 0 bridgehead atoms. The average molecular weight is 290 g/mol. The van der Waals surface area contributed by atoms with E-state index in [0.717, 1.165) is 32.5 Å². The maximum absolute atomic E-state index is 11.4. The quantitative estimate of drug-likeness (QED) is 0.904. The van der Waals surface area contributed by atoms with E-state index >= 15 is 0 Å². The minimum atomic E-state index is -0.799. The highest BCUT2D eigenvalue weighted by Crippen LogP contribution is 2.24. The standard InChI is InChI=1S/C17H26N2O2/c1-17(2,16(20)21)18(3)15-9-11-19(12-10-15)13-14-7-5-4-6-8-14/h4-8,15H,9-13H2,1-3H3,(H,20,21). The van der Waals surface area contributed by atoms with Gasteiger partial charge in [0.1, 0.15) is 5.54 Å². The Kier molecular flexibility index (Phi) is 5.01. The molecule has 0 aliphatic carbocycles. The number of nitrogens with zero attached hydrogens (tertiary/aromatic N) is 2. The van der Waals surface area contributed by atoms with Crippen molar-refractivity contribution in [2.75, 3.05) is 20.1 Å². The average Bonchev–Trinajstić information content (AvgIpc) is 2.48. The molecule has 0 radical (unpaired) electrons. The van der Waals surface area contributed by atoms with Crippen LogP contribution in [0.2, 0.25) is 0 Å². The third kappa shape index (κ3) is 3.83. The van der Waals surface area contributed by atoms with Gasteiger partial charge in [-0.25, -0.2) is 0 Å². The summed E-state index contributed by atoms with van der Waals surface area (Å²) >= 11 is 0. The minimum absolute atomic E-state index is 0.350. The largest absolute Gasteiger partial charge is 0.480 e. The van der Waals surface area contributed by atoms with Crippen molar-refractivity contribution in [2.45, 2.75) is 44.8 Å². The van der Waals surface area contributed by atoms with Gasteiger partial charge in [0.25, 0.3) is 0 Å². The number of carboxylic acids is 1. The first-order chi connectivity index (χ1) is 9.91. The van der Waals surface area contributed by atoms with Gasteiger partial charge in [-0.15, -0.1) is 0 Å². The molecule has 1 N–H and O–H groups in total. The summed E-state index contributed by atoms with van der Waals surface area (Å²) in [7, 11) is 1.94. The van der Waals surface area contributed by atoms with Crippen LogP contribution >= 0.6 is 0 Å². The Bertz CT molecular complexity index is 465. The second-order valence-electron chi connectivity index (χ2n) is 6.47. The van der Waals surface area contributed by atoms with Gasteiger partial charge in [0, 0.05) is 12.6 Å². The Balaban J connectivity index is 1.87. The highest BCUT2D eigenvalue weighted by molar-refractivity contribution is 5.77. The van der Waals surface area contributed by atoms with Gasteiger partial charge in [0.2, 0.25) is 0 Å². The van der Waals surface area contributed by atoms with Crippen LogP contribution in [-0.2, 0) is 11.3 Å². The van der Waals surface area contributed by atoms with Crippen molar-refractivity contribution in [1.82, 2.24) is 9.80 Å². The molecule has 1 aromatic carbocycles. The third-order valence-electron chi connectivity index (χ3n) is 4.76. The summed E-state index contributed by atoms with van der Waals surface area (Å²) in [5, 5.41) is 9.34. The van der Waals surface area contributed by atoms with Crippen LogP contribution in [0.3, 0.4) is 0 Å². The highest BCUT2D eigenvalue weighted by atomic mass is 16.4. The number of aliphatic carboxylic acids is 1. The summed E-state index contributed by atoms with van der Waals surface area (Å²) in [5.74, 6) is -0.753. The van der Waals surface area contributed by atoms with Crippen LogP contribution in [0.5, 0.6) is 0 Å². The first kappa shape index (κ1) is 16.0. The normalized spacial score (nSPS) is 18.1. The fourth-order valence-electron chi connectivity index (χ4n) is 2.91. The van der Waals surface area contributed by atoms with E-state index in [1.165, 1.54) is 5.56 Å². The molecule has 1 fully saturated rings. The second-order valence-corrected chi connectivity index (χ2v) is 6.47. The molecule has 1 aliphatic rings. The summed E-state index contributed by atoms with van der Waals surface area (Å²) in [5.41, 5.74) is 0.543. The Morgan fingerprint density at radius 1 is 1.29 bits per heavy atom. The molecule has 4 nitrogen and oxygen atoms in total. The van der Waals surface area contributed by atoms with E-state index in [2.05, 4.69) is 29.2 Å². The van der Waals surface area contributed by atoms with Crippen LogP contribution in [0.25, 0.3) is 0 Å². The number of piperidine rings is 1. The molecule has 0 saturated carbocycles. The number of carbonyl (C=O) groups is 1. The van der Waals surface area contributed by atoms with E-state index < -0.39 is 11.5 Å². The van der Waals surface area contributed by atoms with E-state index in [9.17, 15) is 9.90 Å². The molecule has 0 atom stereocenters. The lowest BCUT2D eigenvalue weighted by Crippen LogP contribution is -2.55. The molecule has 0 aromatic heterocycles. The molecular weight excluding hydrogens is 264 g/mol. The fraction of sp³-hybridized carbons (Fsp3) is 0.588. The van der Waals surface area contributed by atoms with Crippen molar-refractivity contribution in [2.24, 2.45) is 0 Å². The van der Waals surface area contributed by atoms with Crippen molar-refractivity contribution in [3.63, 3.8) is 0 Å². The maximum atomic E-state index is 11.4. The van der Waals surface area contributed by atoms with E-state index in [-0.39, 0.29) is 0 Å². The zero-order chi connectivity index (χ0) is 15.5. The minimum Gasteiger partial charge on any atom is -0.480 e. The molecule has 1 aliphatic heterocycles. The second kappa shape index (κ2) is 6.58. The molecular formula is C17H26N2O2. The first-order valence-electron chi connectivity index (χ1n) is 7.64. The van der Waals surface area contributed by atoms with E-state index in [1.807, 2.05) is 18.0 Å². The highest BCUT2D eigenvalue weighted by Gasteiger charge is 2.37. The van der Waals surface area contributed by atoms with Gasteiger partial charge in [-0.2, -0.15) is 0 Å². The molecule has 116 valence electrons. The Morgan fingerprint density at radius 3 is 2.38 bits per heavy atom.